The number of furan rings is 1. The molecule has 0 aliphatic rings. The van der Waals surface area contributed by atoms with E-state index in [4.69, 9.17) is 13.9 Å². The van der Waals surface area contributed by atoms with Crippen molar-refractivity contribution < 1.29 is 23.5 Å². The molecule has 0 spiro atoms. The Labute approximate surface area is 169 Å². The molecule has 0 fully saturated rings. The number of carbonyl (C=O) groups is 2. The van der Waals surface area contributed by atoms with Gasteiger partial charge in [0, 0.05) is 23.2 Å². The first-order valence-corrected chi connectivity index (χ1v) is 9.27. The first kappa shape index (κ1) is 20.3. The highest BCUT2D eigenvalue weighted by atomic mass is 16.5. The molecule has 0 unspecified atom stereocenters. The number of fused-ring (bicyclic) bond motifs is 1. The van der Waals surface area contributed by atoms with Crippen LogP contribution in [0.25, 0.3) is 11.0 Å². The minimum absolute atomic E-state index is 0.0822. The van der Waals surface area contributed by atoms with E-state index in [1.807, 2.05) is 19.9 Å². The third kappa shape index (κ3) is 4.34. The van der Waals surface area contributed by atoms with Gasteiger partial charge in [-0.1, -0.05) is 0 Å². The lowest BCUT2D eigenvalue weighted by Crippen LogP contribution is -2.38. The second-order valence-corrected chi connectivity index (χ2v) is 6.51. The molecule has 7 nitrogen and oxygen atoms in total. The maximum Gasteiger partial charge on any atom is 0.290 e. The van der Waals surface area contributed by atoms with Crippen molar-refractivity contribution >= 4 is 28.5 Å². The van der Waals surface area contributed by atoms with Gasteiger partial charge in [-0.2, -0.15) is 0 Å². The number of anilines is 1. The van der Waals surface area contributed by atoms with Gasteiger partial charge in [0.2, 0.25) is 5.91 Å². The van der Waals surface area contributed by atoms with E-state index in [0.29, 0.717) is 29.3 Å². The van der Waals surface area contributed by atoms with Crippen molar-refractivity contribution in [3.8, 4) is 11.5 Å². The quantitative estimate of drug-likeness (QED) is 0.656. The summed E-state index contributed by atoms with van der Waals surface area (Å²) in [6, 6.07) is 12.4. The van der Waals surface area contributed by atoms with E-state index in [1.165, 1.54) is 4.90 Å². The fourth-order valence-corrected chi connectivity index (χ4v) is 3.05. The highest BCUT2D eigenvalue weighted by Crippen LogP contribution is 2.29. The average Bonchev–Trinajstić information content (AvgIpc) is 3.07. The van der Waals surface area contributed by atoms with Crippen LogP contribution in [-0.4, -0.2) is 44.0 Å². The minimum atomic E-state index is -0.329. The number of methoxy groups -OCH3 is 2. The van der Waals surface area contributed by atoms with Crippen LogP contribution in [0, 0.1) is 6.92 Å². The molecular weight excluding hydrogens is 372 g/mol. The van der Waals surface area contributed by atoms with Crippen molar-refractivity contribution in [3.63, 3.8) is 0 Å². The van der Waals surface area contributed by atoms with E-state index in [2.05, 4.69) is 5.32 Å². The maximum atomic E-state index is 13.0. The average molecular weight is 396 g/mol. The molecule has 3 aromatic rings. The zero-order valence-corrected chi connectivity index (χ0v) is 16.9. The Balaban J connectivity index is 1.75. The van der Waals surface area contributed by atoms with Crippen LogP contribution >= 0.6 is 0 Å². The number of hydrogen-bond donors (Lipinski definition) is 1. The summed E-state index contributed by atoms with van der Waals surface area (Å²) in [5, 5.41) is 3.60. The number of nitrogens with zero attached hydrogens (tertiary/aromatic N) is 1. The van der Waals surface area contributed by atoms with Gasteiger partial charge in [-0.25, -0.2) is 0 Å². The summed E-state index contributed by atoms with van der Waals surface area (Å²) in [6.45, 7) is 3.93. The predicted octanol–water partition coefficient (Wildman–Crippen LogP) is 3.86. The van der Waals surface area contributed by atoms with Gasteiger partial charge in [-0.05, 0) is 56.3 Å². The largest absolute Gasteiger partial charge is 0.497 e. The van der Waals surface area contributed by atoms with E-state index in [0.717, 1.165) is 10.9 Å². The summed E-state index contributed by atoms with van der Waals surface area (Å²) in [6.07, 6.45) is 0. The van der Waals surface area contributed by atoms with E-state index < -0.39 is 0 Å². The second kappa shape index (κ2) is 8.68. The number of likely N-dealkylation sites (N-methyl/N-ethyl adjacent to an activating group) is 1. The van der Waals surface area contributed by atoms with Crippen molar-refractivity contribution in [2.24, 2.45) is 0 Å². The Morgan fingerprint density at radius 2 is 1.69 bits per heavy atom. The SMILES string of the molecule is CCN(CC(=O)Nc1ccc(OC)cc1)C(=O)c1oc2ccc(OC)cc2c1C. The van der Waals surface area contributed by atoms with Crippen molar-refractivity contribution in [1.29, 1.82) is 0 Å². The number of aryl methyl sites for hydroxylation is 1. The first-order valence-electron chi connectivity index (χ1n) is 9.27. The number of rotatable bonds is 7. The number of hydrogen-bond acceptors (Lipinski definition) is 5. The van der Waals surface area contributed by atoms with Gasteiger partial charge in [0.05, 0.1) is 14.2 Å². The number of amides is 2. The smallest absolute Gasteiger partial charge is 0.290 e. The fraction of sp³-hybridized carbons (Fsp3) is 0.273. The van der Waals surface area contributed by atoms with Crippen LogP contribution < -0.4 is 14.8 Å². The number of benzene rings is 2. The van der Waals surface area contributed by atoms with E-state index in [9.17, 15) is 9.59 Å². The van der Waals surface area contributed by atoms with E-state index in [1.54, 1.807) is 50.6 Å². The zero-order valence-electron chi connectivity index (χ0n) is 16.9. The third-order valence-corrected chi connectivity index (χ3v) is 4.71. The molecule has 0 atom stereocenters. The lowest BCUT2D eigenvalue weighted by Gasteiger charge is -2.19. The van der Waals surface area contributed by atoms with Crippen LogP contribution in [0.4, 0.5) is 5.69 Å². The molecule has 0 aliphatic carbocycles. The highest BCUT2D eigenvalue weighted by molar-refractivity contribution is 6.02. The van der Waals surface area contributed by atoms with Crippen molar-refractivity contribution in [1.82, 2.24) is 4.90 Å². The Morgan fingerprint density at radius 1 is 1.03 bits per heavy atom. The topological polar surface area (TPSA) is 81.0 Å². The Kier molecular flexibility index (Phi) is 6.07. The van der Waals surface area contributed by atoms with Crippen LogP contribution in [0.5, 0.6) is 11.5 Å². The third-order valence-electron chi connectivity index (χ3n) is 4.71. The predicted molar refractivity (Wildman–Crippen MR) is 111 cm³/mol. The van der Waals surface area contributed by atoms with E-state index >= 15 is 0 Å². The van der Waals surface area contributed by atoms with Crippen molar-refractivity contribution in [2.75, 3.05) is 32.6 Å². The molecule has 0 saturated heterocycles. The Bertz CT molecular complexity index is 1020. The molecule has 152 valence electrons. The van der Waals surface area contributed by atoms with Gasteiger partial charge in [-0.3, -0.25) is 9.59 Å². The van der Waals surface area contributed by atoms with Crippen molar-refractivity contribution in [3.05, 3.63) is 53.8 Å². The number of carbonyl (C=O) groups excluding carboxylic acids is 2. The Morgan fingerprint density at radius 3 is 2.31 bits per heavy atom. The van der Waals surface area contributed by atoms with Gasteiger partial charge >= 0.3 is 0 Å². The molecule has 0 bridgehead atoms. The molecule has 29 heavy (non-hydrogen) atoms. The second-order valence-electron chi connectivity index (χ2n) is 6.51. The van der Waals surface area contributed by atoms with Gasteiger partial charge in [0.25, 0.3) is 5.91 Å². The molecule has 2 amide bonds. The molecule has 2 aromatic carbocycles. The van der Waals surface area contributed by atoms with Gasteiger partial charge in [0.1, 0.15) is 23.6 Å². The normalized spacial score (nSPS) is 10.6. The van der Waals surface area contributed by atoms with E-state index in [-0.39, 0.29) is 24.1 Å². The number of nitrogens with one attached hydrogen (secondary N) is 1. The molecule has 1 N–H and O–H groups in total. The monoisotopic (exact) mass is 396 g/mol. The molecule has 3 rings (SSSR count). The summed E-state index contributed by atoms with van der Waals surface area (Å²) in [4.78, 5) is 26.9. The highest BCUT2D eigenvalue weighted by Gasteiger charge is 2.24. The molecule has 7 heteroatoms. The molecule has 0 saturated carbocycles. The molecule has 1 aromatic heterocycles. The lowest BCUT2D eigenvalue weighted by molar-refractivity contribution is -0.116. The van der Waals surface area contributed by atoms with Gasteiger partial charge in [0.15, 0.2) is 5.76 Å². The summed E-state index contributed by atoms with van der Waals surface area (Å²) < 4.78 is 16.1. The molecular formula is C22H24N2O5. The summed E-state index contributed by atoms with van der Waals surface area (Å²) in [7, 11) is 3.16. The van der Waals surface area contributed by atoms with Crippen LogP contribution in [0.2, 0.25) is 0 Å². The van der Waals surface area contributed by atoms with Gasteiger partial charge < -0.3 is 24.1 Å². The van der Waals surface area contributed by atoms with Crippen LogP contribution in [-0.2, 0) is 4.79 Å². The molecule has 0 aliphatic heterocycles. The maximum absolute atomic E-state index is 13.0. The molecule has 0 radical (unpaired) electrons. The summed E-state index contributed by atoms with van der Waals surface area (Å²) >= 11 is 0. The van der Waals surface area contributed by atoms with Crippen molar-refractivity contribution in [2.45, 2.75) is 13.8 Å². The van der Waals surface area contributed by atoms with Crippen LogP contribution in [0.15, 0.2) is 46.9 Å². The number of ether oxygens (including phenoxy) is 2. The zero-order chi connectivity index (χ0) is 21.0. The summed E-state index contributed by atoms with van der Waals surface area (Å²) in [5.41, 5.74) is 1.95. The van der Waals surface area contributed by atoms with Crippen LogP contribution in [0.3, 0.4) is 0 Å². The Hall–Kier alpha value is -3.48. The standard InChI is InChI=1S/C22H24N2O5/c1-5-24(13-20(25)23-15-6-8-16(27-3)9-7-15)22(26)21-14(2)18-12-17(28-4)10-11-19(18)29-21/h6-12H,5,13H2,1-4H3,(H,23,25). The molecule has 1 heterocycles. The summed E-state index contributed by atoms with van der Waals surface area (Å²) in [5.74, 6) is 0.996. The fourth-order valence-electron chi connectivity index (χ4n) is 3.05. The lowest BCUT2D eigenvalue weighted by atomic mass is 10.1. The van der Waals surface area contributed by atoms with Crippen LogP contribution in [0.1, 0.15) is 23.0 Å². The first-order chi connectivity index (χ1) is 14.0. The van der Waals surface area contributed by atoms with Gasteiger partial charge in [-0.15, -0.1) is 0 Å². The minimum Gasteiger partial charge on any atom is -0.497 e.